The number of aliphatic hydroxyl groups excluding tert-OH is 1. The van der Waals surface area contributed by atoms with Crippen molar-refractivity contribution in [3.63, 3.8) is 0 Å². The van der Waals surface area contributed by atoms with Crippen molar-refractivity contribution in [1.29, 1.82) is 0 Å². The summed E-state index contributed by atoms with van der Waals surface area (Å²) in [6, 6.07) is 14.5. The number of aryl methyl sites for hydroxylation is 2. The number of carbonyl (C=O) groups is 1. The highest BCUT2D eigenvalue weighted by Gasteiger charge is 2.16. The normalized spacial score (nSPS) is 10.8. The number of amides is 2. The van der Waals surface area contributed by atoms with E-state index in [9.17, 15) is 14.7 Å². The van der Waals surface area contributed by atoms with Crippen molar-refractivity contribution in [2.75, 3.05) is 18.5 Å². The molecule has 0 aliphatic heterocycles. The second kappa shape index (κ2) is 8.05. The second-order valence-corrected chi connectivity index (χ2v) is 6.55. The molecule has 6 nitrogen and oxygen atoms in total. The predicted octanol–water partition coefficient (Wildman–Crippen LogP) is 3.17. The summed E-state index contributed by atoms with van der Waals surface area (Å²) in [6.45, 7) is 3.98. The molecular weight excluding hydrogens is 342 g/mol. The molecule has 0 atom stereocenters. The van der Waals surface area contributed by atoms with Crippen molar-refractivity contribution in [3.8, 4) is 0 Å². The number of hydrogen-bond donors (Lipinski definition) is 3. The van der Waals surface area contributed by atoms with Crippen LogP contribution in [0.2, 0.25) is 0 Å². The molecule has 0 unspecified atom stereocenters. The first-order chi connectivity index (χ1) is 13.0. The minimum absolute atomic E-state index is 0.109. The Hall–Kier alpha value is -3.12. The third kappa shape index (κ3) is 4.17. The molecule has 3 N–H and O–H groups in total. The van der Waals surface area contributed by atoms with Crippen LogP contribution in [-0.4, -0.2) is 34.2 Å². The Bertz CT molecular complexity index is 1010. The number of aromatic amines is 1. The summed E-state index contributed by atoms with van der Waals surface area (Å²) in [5.41, 5.74) is 3.76. The monoisotopic (exact) mass is 365 g/mol. The summed E-state index contributed by atoms with van der Waals surface area (Å²) in [6.07, 6.45) is 0. The van der Waals surface area contributed by atoms with Crippen LogP contribution in [0.25, 0.3) is 10.9 Å². The fourth-order valence-electron chi connectivity index (χ4n) is 3.04. The number of rotatable bonds is 5. The number of benzene rings is 2. The molecule has 0 fully saturated rings. The molecule has 0 radical (unpaired) electrons. The molecule has 1 heterocycles. The molecule has 27 heavy (non-hydrogen) atoms. The van der Waals surface area contributed by atoms with Crippen molar-refractivity contribution in [1.82, 2.24) is 9.88 Å². The number of aliphatic hydroxyl groups is 1. The maximum atomic E-state index is 12.6. The summed E-state index contributed by atoms with van der Waals surface area (Å²) in [4.78, 5) is 29.5. The van der Waals surface area contributed by atoms with Gasteiger partial charge in [-0.2, -0.15) is 0 Å². The molecule has 0 bridgehead atoms. The number of para-hydroxylation sites is 1. The first-order valence-electron chi connectivity index (χ1n) is 8.83. The van der Waals surface area contributed by atoms with E-state index in [1.807, 2.05) is 50.2 Å². The summed E-state index contributed by atoms with van der Waals surface area (Å²) >= 11 is 0. The summed E-state index contributed by atoms with van der Waals surface area (Å²) in [5.74, 6) is 0. The van der Waals surface area contributed by atoms with Gasteiger partial charge in [0.2, 0.25) is 0 Å². The van der Waals surface area contributed by atoms with Crippen LogP contribution in [0, 0.1) is 13.8 Å². The van der Waals surface area contributed by atoms with E-state index < -0.39 is 0 Å². The van der Waals surface area contributed by atoms with Gasteiger partial charge in [-0.05, 0) is 43.2 Å². The van der Waals surface area contributed by atoms with E-state index in [1.165, 1.54) is 4.90 Å². The van der Waals surface area contributed by atoms with Crippen LogP contribution in [0.4, 0.5) is 10.5 Å². The Balaban J connectivity index is 1.90. The smallest absolute Gasteiger partial charge is 0.322 e. The van der Waals surface area contributed by atoms with E-state index in [-0.39, 0.29) is 31.3 Å². The lowest BCUT2D eigenvalue weighted by atomic mass is 10.0. The van der Waals surface area contributed by atoms with E-state index in [0.29, 0.717) is 11.3 Å². The molecule has 3 rings (SSSR count). The maximum Gasteiger partial charge on any atom is 0.322 e. The number of fused-ring (bicyclic) bond motifs is 1. The Morgan fingerprint density at radius 1 is 1.11 bits per heavy atom. The van der Waals surface area contributed by atoms with E-state index in [2.05, 4.69) is 10.3 Å². The number of nitrogens with zero attached hydrogens (tertiary/aromatic N) is 1. The third-order valence-electron chi connectivity index (χ3n) is 4.56. The Morgan fingerprint density at radius 3 is 2.52 bits per heavy atom. The number of urea groups is 1. The molecule has 0 aliphatic carbocycles. The Morgan fingerprint density at radius 2 is 1.81 bits per heavy atom. The number of carbonyl (C=O) groups excluding carboxylic acids is 1. The fraction of sp³-hybridized carbons (Fsp3) is 0.238. The van der Waals surface area contributed by atoms with Crippen LogP contribution in [0.15, 0.2) is 53.3 Å². The van der Waals surface area contributed by atoms with Crippen molar-refractivity contribution < 1.29 is 9.90 Å². The van der Waals surface area contributed by atoms with Crippen LogP contribution >= 0.6 is 0 Å². The van der Waals surface area contributed by atoms with E-state index in [4.69, 9.17) is 0 Å². The van der Waals surface area contributed by atoms with Crippen LogP contribution in [0.5, 0.6) is 0 Å². The summed E-state index contributed by atoms with van der Waals surface area (Å²) < 4.78 is 0. The van der Waals surface area contributed by atoms with E-state index in [1.54, 1.807) is 12.1 Å². The van der Waals surface area contributed by atoms with Crippen LogP contribution in [-0.2, 0) is 6.54 Å². The second-order valence-electron chi connectivity index (χ2n) is 6.55. The van der Waals surface area contributed by atoms with Gasteiger partial charge in [0.05, 0.1) is 18.7 Å². The first kappa shape index (κ1) is 18.7. The highest BCUT2D eigenvalue weighted by atomic mass is 16.3. The average molecular weight is 365 g/mol. The van der Waals surface area contributed by atoms with Gasteiger partial charge in [0.15, 0.2) is 0 Å². The van der Waals surface area contributed by atoms with Gasteiger partial charge in [0.25, 0.3) is 5.56 Å². The molecule has 0 spiro atoms. The van der Waals surface area contributed by atoms with Crippen molar-refractivity contribution in [2.24, 2.45) is 0 Å². The molecule has 140 valence electrons. The lowest BCUT2D eigenvalue weighted by molar-refractivity contribution is 0.185. The lowest BCUT2D eigenvalue weighted by Crippen LogP contribution is -2.38. The van der Waals surface area contributed by atoms with Crippen LogP contribution in [0.3, 0.4) is 0 Å². The van der Waals surface area contributed by atoms with E-state index >= 15 is 0 Å². The molecule has 3 aromatic rings. The Kier molecular flexibility index (Phi) is 5.57. The molecule has 6 heteroatoms. The van der Waals surface area contributed by atoms with Gasteiger partial charge in [0.1, 0.15) is 0 Å². The zero-order chi connectivity index (χ0) is 19.4. The first-order valence-corrected chi connectivity index (χ1v) is 8.83. The number of nitrogens with one attached hydrogen (secondary N) is 2. The van der Waals surface area contributed by atoms with Crippen LogP contribution in [0.1, 0.15) is 16.7 Å². The minimum atomic E-state index is -0.365. The minimum Gasteiger partial charge on any atom is -0.395 e. The van der Waals surface area contributed by atoms with Gasteiger partial charge in [-0.25, -0.2) is 4.79 Å². The standard InChI is InChI=1S/C21H23N3O3/c1-14-8-9-15(2)19-18(14)12-16(20(26)23-19)13-24(10-11-25)21(27)22-17-6-4-3-5-7-17/h3-9,12,25H,10-11,13H2,1-2H3,(H,22,27)(H,23,26). The van der Waals surface area contributed by atoms with Crippen molar-refractivity contribution in [3.05, 3.63) is 75.6 Å². The largest absolute Gasteiger partial charge is 0.395 e. The zero-order valence-corrected chi connectivity index (χ0v) is 15.5. The lowest BCUT2D eigenvalue weighted by Gasteiger charge is -2.22. The quantitative estimate of drug-likeness (QED) is 0.649. The van der Waals surface area contributed by atoms with Gasteiger partial charge in [-0.1, -0.05) is 30.3 Å². The number of hydrogen-bond acceptors (Lipinski definition) is 3. The average Bonchev–Trinajstić information content (AvgIpc) is 2.66. The maximum absolute atomic E-state index is 12.6. The van der Waals surface area contributed by atoms with Gasteiger partial charge < -0.3 is 20.3 Å². The number of anilines is 1. The number of pyridine rings is 1. The highest BCUT2D eigenvalue weighted by Crippen LogP contribution is 2.20. The Labute approximate surface area is 157 Å². The van der Waals surface area contributed by atoms with Gasteiger partial charge in [-0.15, -0.1) is 0 Å². The molecule has 0 aliphatic rings. The third-order valence-corrected chi connectivity index (χ3v) is 4.56. The fourth-order valence-corrected chi connectivity index (χ4v) is 3.04. The van der Waals surface area contributed by atoms with Gasteiger partial charge >= 0.3 is 6.03 Å². The molecule has 2 amide bonds. The molecular formula is C21H23N3O3. The molecule has 1 aromatic heterocycles. The highest BCUT2D eigenvalue weighted by molar-refractivity contribution is 5.89. The summed E-state index contributed by atoms with van der Waals surface area (Å²) in [5, 5.41) is 13.1. The SMILES string of the molecule is Cc1ccc(C)c2[nH]c(=O)c(CN(CCO)C(=O)Nc3ccccc3)cc12. The van der Waals surface area contributed by atoms with Gasteiger partial charge in [-0.3, -0.25) is 4.79 Å². The zero-order valence-electron chi connectivity index (χ0n) is 15.5. The van der Waals surface area contributed by atoms with Crippen molar-refractivity contribution >= 4 is 22.6 Å². The van der Waals surface area contributed by atoms with Gasteiger partial charge in [0, 0.05) is 23.2 Å². The van der Waals surface area contributed by atoms with Crippen LogP contribution < -0.4 is 10.9 Å². The topological polar surface area (TPSA) is 85.4 Å². The van der Waals surface area contributed by atoms with E-state index in [0.717, 1.165) is 22.0 Å². The number of H-pyrrole nitrogens is 1. The molecule has 2 aromatic carbocycles. The summed E-state index contributed by atoms with van der Waals surface area (Å²) in [7, 11) is 0. The number of aromatic nitrogens is 1. The molecule has 0 saturated heterocycles. The molecule has 0 saturated carbocycles. The predicted molar refractivity (Wildman–Crippen MR) is 107 cm³/mol. The van der Waals surface area contributed by atoms with Crippen molar-refractivity contribution in [2.45, 2.75) is 20.4 Å².